The first-order chi connectivity index (χ1) is 15.1. The third-order valence-electron chi connectivity index (χ3n) is 5.03. The number of carbonyl (C=O) groups is 1. The SMILES string of the molecule is C#C[C@@]12COP(=O)(N[C@@H](C)C(=O)OC(C)C)O[C@H]1C[C@H](n1cnc3c(N)nc(F)nc31)O2. The van der Waals surface area contributed by atoms with Crippen molar-refractivity contribution < 1.29 is 32.3 Å². The van der Waals surface area contributed by atoms with Gasteiger partial charge in [0, 0.05) is 6.42 Å². The number of carbonyl (C=O) groups excluding carboxylic acids is 1. The predicted octanol–water partition coefficient (Wildman–Crippen LogP) is 1.29. The molecule has 32 heavy (non-hydrogen) atoms. The second kappa shape index (κ2) is 8.06. The Morgan fingerprint density at radius 1 is 1.50 bits per heavy atom. The number of halogens is 1. The van der Waals surface area contributed by atoms with Crippen molar-refractivity contribution in [3.05, 3.63) is 12.4 Å². The summed E-state index contributed by atoms with van der Waals surface area (Å²) in [5.74, 6) is 1.77. The van der Waals surface area contributed by atoms with Gasteiger partial charge in [0.25, 0.3) is 0 Å². The molecule has 5 atom stereocenters. The lowest BCUT2D eigenvalue weighted by Crippen LogP contribution is -2.49. The van der Waals surface area contributed by atoms with E-state index < -0.39 is 43.8 Å². The summed E-state index contributed by atoms with van der Waals surface area (Å²) in [5, 5.41) is 2.55. The number of rotatable bonds is 5. The summed E-state index contributed by atoms with van der Waals surface area (Å²) in [5.41, 5.74) is 4.65. The van der Waals surface area contributed by atoms with Gasteiger partial charge >= 0.3 is 19.8 Å². The maximum atomic E-state index is 13.7. The molecule has 2 aromatic rings. The second-order valence-electron chi connectivity index (χ2n) is 7.75. The summed E-state index contributed by atoms with van der Waals surface area (Å²) in [7, 11) is -3.92. The summed E-state index contributed by atoms with van der Waals surface area (Å²) in [6.07, 6.45) is 4.18. The van der Waals surface area contributed by atoms with Crippen molar-refractivity contribution in [2.45, 2.75) is 57.3 Å². The minimum Gasteiger partial charge on any atom is -0.462 e. The van der Waals surface area contributed by atoms with Crippen LogP contribution < -0.4 is 10.8 Å². The van der Waals surface area contributed by atoms with E-state index in [2.05, 4.69) is 26.0 Å². The summed E-state index contributed by atoms with van der Waals surface area (Å²) >= 11 is 0. The Kier molecular flexibility index (Phi) is 5.68. The quantitative estimate of drug-likeness (QED) is 0.282. The van der Waals surface area contributed by atoms with Crippen LogP contribution in [0.3, 0.4) is 0 Å². The number of nitrogens with two attached hydrogens (primary N) is 1. The molecule has 14 heteroatoms. The smallest absolute Gasteiger partial charge is 0.406 e. The van der Waals surface area contributed by atoms with Gasteiger partial charge in [-0.2, -0.15) is 14.4 Å². The Bertz CT molecular complexity index is 1150. The molecule has 2 aliphatic heterocycles. The fraction of sp³-hybridized carbons (Fsp3) is 0.556. The molecule has 0 aromatic carbocycles. The molecule has 12 nitrogen and oxygen atoms in total. The number of hydrogen-bond donors (Lipinski definition) is 2. The van der Waals surface area contributed by atoms with Crippen molar-refractivity contribution in [3.63, 3.8) is 0 Å². The molecule has 0 aliphatic carbocycles. The molecule has 2 aromatic heterocycles. The van der Waals surface area contributed by atoms with Crippen LogP contribution in [0, 0.1) is 18.4 Å². The number of imidazole rings is 1. The van der Waals surface area contributed by atoms with E-state index in [-0.39, 0.29) is 36.1 Å². The highest BCUT2D eigenvalue weighted by molar-refractivity contribution is 7.51. The van der Waals surface area contributed by atoms with Gasteiger partial charge in [-0.1, -0.05) is 5.92 Å². The van der Waals surface area contributed by atoms with Crippen LogP contribution in [0.5, 0.6) is 0 Å². The Balaban J connectivity index is 1.56. The predicted molar refractivity (Wildman–Crippen MR) is 108 cm³/mol. The van der Waals surface area contributed by atoms with Gasteiger partial charge in [0.1, 0.15) is 25.0 Å². The monoisotopic (exact) mass is 468 g/mol. The third-order valence-corrected chi connectivity index (χ3v) is 6.73. The molecule has 0 amide bonds. The molecule has 2 saturated heterocycles. The highest BCUT2D eigenvalue weighted by atomic mass is 31.2. The Morgan fingerprint density at radius 2 is 2.25 bits per heavy atom. The standard InChI is InChI=1S/C18H22FN6O6P/c1-5-18-7-28-32(27,24-10(4)16(26)29-9(2)3)31-11(18)6-12(30-18)25-8-21-13-14(20)22-17(19)23-15(13)25/h1,8-12H,6-7H2,2-4H3,(H,24,27)(H2,20,22,23)/t10-,11-,12+,18+,32?/m0/s1. The summed E-state index contributed by atoms with van der Waals surface area (Å²) < 4.78 is 50.5. The number of hydrogen-bond acceptors (Lipinski definition) is 10. The highest BCUT2D eigenvalue weighted by Crippen LogP contribution is 2.56. The first kappa shape index (κ1) is 22.6. The van der Waals surface area contributed by atoms with E-state index in [1.54, 1.807) is 13.8 Å². The Labute approximate surface area is 182 Å². The van der Waals surface area contributed by atoms with Crippen molar-refractivity contribution in [1.29, 1.82) is 0 Å². The van der Waals surface area contributed by atoms with Crippen LogP contribution in [0.1, 0.15) is 33.4 Å². The molecule has 4 rings (SSSR count). The second-order valence-corrected chi connectivity index (χ2v) is 9.47. The van der Waals surface area contributed by atoms with Gasteiger partial charge in [-0.15, -0.1) is 6.42 Å². The van der Waals surface area contributed by atoms with Crippen LogP contribution in [0.15, 0.2) is 6.33 Å². The van der Waals surface area contributed by atoms with Crippen molar-refractivity contribution in [2.24, 2.45) is 0 Å². The normalized spacial score (nSPS) is 30.8. The van der Waals surface area contributed by atoms with Crippen molar-refractivity contribution in [3.8, 4) is 12.3 Å². The van der Waals surface area contributed by atoms with Crippen LogP contribution >= 0.6 is 7.75 Å². The van der Waals surface area contributed by atoms with E-state index in [4.69, 9.17) is 30.7 Å². The minimum absolute atomic E-state index is 0.109. The number of ether oxygens (including phenoxy) is 2. The van der Waals surface area contributed by atoms with Crippen LogP contribution in [-0.4, -0.2) is 55.9 Å². The van der Waals surface area contributed by atoms with Gasteiger partial charge < -0.3 is 15.2 Å². The average molecular weight is 468 g/mol. The first-order valence-electron chi connectivity index (χ1n) is 9.78. The lowest BCUT2D eigenvalue weighted by atomic mass is 9.99. The number of anilines is 1. The summed E-state index contributed by atoms with van der Waals surface area (Å²) in [6.45, 7) is 4.60. The molecule has 0 radical (unpaired) electrons. The number of fused-ring (bicyclic) bond motifs is 2. The lowest BCUT2D eigenvalue weighted by Gasteiger charge is -2.37. The number of esters is 1. The maximum absolute atomic E-state index is 13.7. The Morgan fingerprint density at radius 3 is 2.94 bits per heavy atom. The molecule has 0 bridgehead atoms. The summed E-state index contributed by atoms with van der Waals surface area (Å²) in [6, 6.07) is -0.958. The molecule has 172 valence electrons. The van der Waals surface area contributed by atoms with E-state index >= 15 is 0 Å². The van der Waals surface area contributed by atoms with Gasteiger partial charge in [0.05, 0.1) is 12.4 Å². The van der Waals surface area contributed by atoms with Crippen molar-refractivity contribution >= 4 is 30.7 Å². The number of nitrogen functional groups attached to an aromatic ring is 1. The van der Waals surface area contributed by atoms with E-state index in [9.17, 15) is 13.8 Å². The van der Waals surface area contributed by atoms with E-state index in [0.29, 0.717) is 0 Å². The molecule has 0 spiro atoms. The maximum Gasteiger partial charge on any atom is 0.406 e. The van der Waals surface area contributed by atoms with Crippen LogP contribution in [0.4, 0.5) is 10.2 Å². The van der Waals surface area contributed by atoms with E-state index in [1.807, 2.05) is 0 Å². The fourth-order valence-corrected chi connectivity index (χ4v) is 5.26. The topological polar surface area (TPSA) is 153 Å². The number of nitrogens with zero attached hydrogens (tertiary/aromatic N) is 4. The molecule has 0 saturated carbocycles. The number of terminal acetylenes is 1. The molecule has 2 fully saturated rings. The zero-order chi connectivity index (χ0) is 23.3. The van der Waals surface area contributed by atoms with E-state index in [1.165, 1.54) is 17.8 Å². The van der Waals surface area contributed by atoms with Crippen LogP contribution in [-0.2, 0) is 27.9 Å². The largest absolute Gasteiger partial charge is 0.462 e. The number of nitrogens with one attached hydrogen (secondary N) is 1. The van der Waals surface area contributed by atoms with Crippen LogP contribution in [0.2, 0.25) is 0 Å². The Hall–Kier alpha value is -2.62. The van der Waals surface area contributed by atoms with Crippen LogP contribution in [0.25, 0.3) is 11.2 Å². The highest BCUT2D eigenvalue weighted by Gasteiger charge is 2.57. The number of aromatic nitrogens is 4. The van der Waals surface area contributed by atoms with Gasteiger partial charge in [-0.3, -0.25) is 18.4 Å². The first-order valence-corrected chi connectivity index (χ1v) is 11.3. The fourth-order valence-electron chi connectivity index (χ4n) is 3.53. The van der Waals surface area contributed by atoms with Gasteiger partial charge in [-0.05, 0) is 20.8 Å². The molecule has 3 N–H and O–H groups in total. The molecular weight excluding hydrogens is 446 g/mol. The zero-order valence-corrected chi connectivity index (χ0v) is 18.4. The van der Waals surface area contributed by atoms with Gasteiger partial charge in [0.15, 0.2) is 22.6 Å². The third kappa shape index (κ3) is 3.96. The molecular formula is C18H22FN6O6P. The van der Waals surface area contributed by atoms with E-state index in [0.717, 1.165) is 0 Å². The van der Waals surface area contributed by atoms with Crippen molar-refractivity contribution in [2.75, 3.05) is 12.3 Å². The molecule has 4 heterocycles. The zero-order valence-electron chi connectivity index (χ0n) is 17.5. The lowest BCUT2D eigenvalue weighted by molar-refractivity contribution is -0.149. The molecule has 1 unspecified atom stereocenters. The average Bonchev–Trinajstić information content (AvgIpc) is 3.28. The van der Waals surface area contributed by atoms with Crippen molar-refractivity contribution in [1.82, 2.24) is 24.6 Å². The minimum atomic E-state index is -3.92. The van der Waals surface area contributed by atoms with Gasteiger partial charge in [0.2, 0.25) is 0 Å². The van der Waals surface area contributed by atoms with Gasteiger partial charge in [-0.25, -0.2) is 14.6 Å². The molecule has 2 aliphatic rings. The summed E-state index contributed by atoms with van der Waals surface area (Å²) in [4.78, 5) is 23.4.